The largest absolute Gasteiger partial charge is 0.387 e. The van der Waals surface area contributed by atoms with Crippen molar-refractivity contribution in [3.8, 4) is 11.1 Å². The maximum atomic E-state index is 5.88. The highest BCUT2D eigenvalue weighted by molar-refractivity contribution is 5.92. The molecule has 2 aromatic carbocycles. The average Bonchev–Trinajstić information content (AvgIpc) is 3.05. The average molecular weight is 372 g/mol. The number of nitrogens with zero attached hydrogens (tertiary/aromatic N) is 4. The summed E-state index contributed by atoms with van der Waals surface area (Å²) >= 11 is 0. The number of piperazine rings is 1. The number of anilines is 1. The molecule has 0 aliphatic carbocycles. The van der Waals surface area contributed by atoms with Gasteiger partial charge in [-0.2, -0.15) is 0 Å². The molecule has 5 rings (SSSR count). The summed E-state index contributed by atoms with van der Waals surface area (Å²) in [6.45, 7) is 7.24. The summed E-state index contributed by atoms with van der Waals surface area (Å²) in [6.07, 6.45) is 2.62. The molecule has 142 valence electrons. The SMILES string of the molecule is CC1(C)CN(c2cnc3ccc(-c4ccc5c(c4)N=C(N)C5)cc3n2)CCN1. The lowest BCUT2D eigenvalue weighted by Gasteiger charge is -2.39. The number of aromatic nitrogens is 2. The molecule has 6 heteroatoms. The van der Waals surface area contributed by atoms with Crippen LogP contribution in [-0.2, 0) is 6.42 Å². The molecule has 1 saturated heterocycles. The number of nitrogens with two attached hydrogens (primary N) is 1. The summed E-state index contributed by atoms with van der Waals surface area (Å²) in [7, 11) is 0. The molecule has 0 bridgehead atoms. The maximum Gasteiger partial charge on any atom is 0.147 e. The molecule has 3 heterocycles. The van der Waals surface area contributed by atoms with Gasteiger partial charge in [0.25, 0.3) is 0 Å². The van der Waals surface area contributed by atoms with Gasteiger partial charge in [0.2, 0.25) is 0 Å². The summed E-state index contributed by atoms with van der Waals surface area (Å²) in [5.74, 6) is 1.62. The molecule has 2 aliphatic heterocycles. The molecule has 0 spiro atoms. The minimum Gasteiger partial charge on any atom is -0.387 e. The van der Waals surface area contributed by atoms with E-state index in [1.807, 2.05) is 12.3 Å². The predicted octanol–water partition coefficient (Wildman–Crippen LogP) is 3.03. The molecule has 3 aromatic rings. The predicted molar refractivity (Wildman–Crippen MR) is 114 cm³/mol. The third kappa shape index (κ3) is 3.10. The van der Waals surface area contributed by atoms with Crippen molar-refractivity contribution in [2.24, 2.45) is 10.7 Å². The first-order valence-electron chi connectivity index (χ1n) is 9.70. The Hall–Kier alpha value is -2.99. The van der Waals surface area contributed by atoms with Crippen LogP contribution in [-0.4, -0.2) is 41.0 Å². The number of aliphatic imine (C=N–C) groups is 1. The molecule has 0 saturated carbocycles. The second kappa shape index (κ2) is 6.27. The van der Waals surface area contributed by atoms with Crippen molar-refractivity contribution in [3.05, 3.63) is 48.2 Å². The van der Waals surface area contributed by atoms with Crippen LogP contribution in [0.4, 0.5) is 11.5 Å². The van der Waals surface area contributed by atoms with E-state index < -0.39 is 0 Å². The standard InChI is InChI=1S/C22H24N6/c1-22(2)13-28(8-7-25-22)21-12-24-17-6-5-15(10-19(17)27-21)14-3-4-16-11-20(23)26-18(16)9-14/h3-6,9-10,12,25H,7-8,11,13H2,1-2H3,(H2,23,26). The Bertz CT molecular complexity index is 1100. The Balaban J connectivity index is 1.51. The summed E-state index contributed by atoms with van der Waals surface area (Å²) in [5, 5.41) is 3.54. The Morgan fingerprint density at radius 1 is 1.07 bits per heavy atom. The summed E-state index contributed by atoms with van der Waals surface area (Å²) in [5.41, 5.74) is 12.2. The number of hydrogen-bond donors (Lipinski definition) is 2. The number of fused-ring (bicyclic) bond motifs is 2. The smallest absolute Gasteiger partial charge is 0.147 e. The third-order valence-electron chi connectivity index (χ3n) is 5.48. The van der Waals surface area contributed by atoms with E-state index in [4.69, 9.17) is 10.7 Å². The van der Waals surface area contributed by atoms with Gasteiger partial charge in [0, 0.05) is 31.6 Å². The van der Waals surface area contributed by atoms with Crippen molar-refractivity contribution < 1.29 is 0 Å². The van der Waals surface area contributed by atoms with Crippen LogP contribution in [0.2, 0.25) is 0 Å². The minimum absolute atomic E-state index is 0.0729. The summed E-state index contributed by atoms with van der Waals surface area (Å²) in [6, 6.07) is 12.6. The van der Waals surface area contributed by atoms with E-state index in [0.717, 1.165) is 59.7 Å². The Kier molecular flexibility index (Phi) is 3.84. The lowest BCUT2D eigenvalue weighted by atomic mass is 10.0. The van der Waals surface area contributed by atoms with Crippen LogP contribution in [0.3, 0.4) is 0 Å². The van der Waals surface area contributed by atoms with Crippen molar-refractivity contribution >= 4 is 28.4 Å². The molecular weight excluding hydrogens is 348 g/mol. The van der Waals surface area contributed by atoms with Gasteiger partial charge in [-0.05, 0) is 48.7 Å². The number of nitrogens with one attached hydrogen (secondary N) is 1. The number of amidine groups is 1. The molecule has 1 aromatic heterocycles. The highest BCUT2D eigenvalue weighted by Crippen LogP contribution is 2.32. The van der Waals surface area contributed by atoms with Gasteiger partial charge in [-0.3, -0.25) is 4.98 Å². The first-order chi connectivity index (χ1) is 13.5. The molecule has 1 fully saturated rings. The molecule has 0 amide bonds. The summed E-state index contributed by atoms with van der Waals surface area (Å²) in [4.78, 5) is 16.3. The first kappa shape index (κ1) is 17.1. The van der Waals surface area contributed by atoms with Gasteiger partial charge < -0.3 is 16.0 Å². The van der Waals surface area contributed by atoms with E-state index >= 15 is 0 Å². The van der Waals surface area contributed by atoms with E-state index in [1.54, 1.807) is 0 Å². The molecule has 0 unspecified atom stereocenters. The highest BCUT2D eigenvalue weighted by Gasteiger charge is 2.26. The van der Waals surface area contributed by atoms with Crippen molar-refractivity contribution in [2.45, 2.75) is 25.8 Å². The van der Waals surface area contributed by atoms with Gasteiger partial charge in [0.05, 0.1) is 22.9 Å². The van der Waals surface area contributed by atoms with E-state index in [9.17, 15) is 0 Å². The minimum atomic E-state index is 0.0729. The van der Waals surface area contributed by atoms with E-state index in [0.29, 0.717) is 5.84 Å². The third-order valence-corrected chi connectivity index (χ3v) is 5.48. The normalized spacial score (nSPS) is 18.2. The lowest BCUT2D eigenvalue weighted by Crippen LogP contribution is -2.57. The van der Waals surface area contributed by atoms with Crippen LogP contribution < -0.4 is 16.0 Å². The molecule has 3 N–H and O–H groups in total. The van der Waals surface area contributed by atoms with Crippen LogP contribution in [0, 0.1) is 0 Å². The maximum absolute atomic E-state index is 5.88. The Morgan fingerprint density at radius 3 is 2.75 bits per heavy atom. The van der Waals surface area contributed by atoms with Gasteiger partial charge in [0.15, 0.2) is 0 Å². The van der Waals surface area contributed by atoms with Gasteiger partial charge in [-0.1, -0.05) is 18.2 Å². The lowest BCUT2D eigenvalue weighted by molar-refractivity contribution is 0.352. The highest BCUT2D eigenvalue weighted by atomic mass is 15.3. The number of benzene rings is 2. The fraction of sp³-hybridized carbons (Fsp3) is 0.318. The zero-order chi connectivity index (χ0) is 19.3. The van der Waals surface area contributed by atoms with Crippen molar-refractivity contribution in [1.29, 1.82) is 0 Å². The van der Waals surface area contributed by atoms with Gasteiger partial charge in [0.1, 0.15) is 11.7 Å². The first-order valence-corrected chi connectivity index (χ1v) is 9.70. The molecule has 0 radical (unpaired) electrons. The number of rotatable bonds is 2. The molecular formula is C22H24N6. The fourth-order valence-electron chi connectivity index (χ4n) is 4.06. The molecule has 6 nitrogen and oxygen atoms in total. The zero-order valence-corrected chi connectivity index (χ0v) is 16.2. The monoisotopic (exact) mass is 372 g/mol. The number of hydrogen-bond acceptors (Lipinski definition) is 6. The second-order valence-corrected chi connectivity index (χ2v) is 8.29. The van der Waals surface area contributed by atoms with Crippen molar-refractivity contribution in [1.82, 2.24) is 15.3 Å². The van der Waals surface area contributed by atoms with Gasteiger partial charge in [-0.25, -0.2) is 9.98 Å². The van der Waals surface area contributed by atoms with Crippen LogP contribution >= 0.6 is 0 Å². The topological polar surface area (TPSA) is 79.4 Å². The van der Waals surface area contributed by atoms with E-state index in [2.05, 4.69) is 64.4 Å². The van der Waals surface area contributed by atoms with Crippen LogP contribution in [0.25, 0.3) is 22.2 Å². The van der Waals surface area contributed by atoms with Gasteiger partial charge in [-0.15, -0.1) is 0 Å². The van der Waals surface area contributed by atoms with Crippen LogP contribution in [0.15, 0.2) is 47.6 Å². The molecule has 0 atom stereocenters. The van der Waals surface area contributed by atoms with Crippen LogP contribution in [0.5, 0.6) is 0 Å². The quantitative estimate of drug-likeness (QED) is 0.723. The molecule has 2 aliphatic rings. The zero-order valence-electron chi connectivity index (χ0n) is 16.2. The van der Waals surface area contributed by atoms with Gasteiger partial charge >= 0.3 is 0 Å². The van der Waals surface area contributed by atoms with Crippen LogP contribution in [0.1, 0.15) is 19.4 Å². The van der Waals surface area contributed by atoms with E-state index in [-0.39, 0.29) is 5.54 Å². The second-order valence-electron chi connectivity index (χ2n) is 8.29. The molecule has 28 heavy (non-hydrogen) atoms. The van der Waals surface area contributed by atoms with Crippen molar-refractivity contribution in [3.63, 3.8) is 0 Å². The fourth-order valence-corrected chi connectivity index (χ4v) is 4.06. The Labute approximate surface area is 164 Å². The van der Waals surface area contributed by atoms with E-state index in [1.165, 1.54) is 5.56 Å². The summed E-state index contributed by atoms with van der Waals surface area (Å²) < 4.78 is 0. The Morgan fingerprint density at radius 2 is 1.89 bits per heavy atom. The van der Waals surface area contributed by atoms with Crippen molar-refractivity contribution in [2.75, 3.05) is 24.5 Å².